The molecule has 122 valence electrons. The van der Waals surface area contributed by atoms with Crippen molar-refractivity contribution >= 4 is 17.7 Å². The summed E-state index contributed by atoms with van der Waals surface area (Å²) in [4.78, 5) is 17.8. The summed E-state index contributed by atoms with van der Waals surface area (Å²) in [6.07, 6.45) is 7.38. The number of thioether (sulfide) groups is 1. The molecule has 2 aromatic carbocycles. The fourth-order valence-corrected chi connectivity index (χ4v) is 3.19. The van der Waals surface area contributed by atoms with Crippen molar-refractivity contribution < 1.29 is 4.79 Å². The van der Waals surface area contributed by atoms with Crippen molar-refractivity contribution in [2.75, 3.05) is 6.26 Å². The lowest BCUT2D eigenvalue weighted by atomic mass is 10.1. The topological polar surface area (TPSA) is 46.9 Å². The van der Waals surface area contributed by atoms with E-state index in [1.807, 2.05) is 71.6 Å². The van der Waals surface area contributed by atoms with Gasteiger partial charge in [-0.25, -0.2) is 4.98 Å². The summed E-state index contributed by atoms with van der Waals surface area (Å²) < 4.78 is 1.97. The predicted octanol–water partition coefficient (Wildman–Crippen LogP) is 3.78. The van der Waals surface area contributed by atoms with Crippen LogP contribution in [0.5, 0.6) is 0 Å². The molecule has 0 spiro atoms. The molecule has 0 radical (unpaired) electrons. The van der Waals surface area contributed by atoms with E-state index in [4.69, 9.17) is 0 Å². The first-order valence-electron chi connectivity index (χ1n) is 7.72. The molecular formula is C19H19N3OS. The quantitative estimate of drug-likeness (QED) is 0.696. The Morgan fingerprint density at radius 3 is 2.62 bits per heavy atom. The Balaban J connectivity index is 1.84. The van der Waals surface area contributed by atoms with Crippen molar-refractivity contribution in [3.63, 3.8) is 0 Å². The zero-order valence-corrected chi connectivity index (χ0v) is 14.2. The van der Waals surface area contributed by atoms with E-state index in [2.05, 4.69) is 10.3 Å². The molecule has 4 nitrogen and oxygen atoms in total. The minimum absolute atomic E-state index is 0.0612. The van der Waals surface area contributed by atoms with Crippen LogP contribution >= 0.6 is 11.8 Å². The number of hydrogen-bond donors (Lipinski definition) is 1. The number of hydrogen-bond acceptors (Lipinski definition) is 3. The summed E-state index contributed by atoms with van der Waals surface area (Å²) in [5, 5.41) is 3.16. The third-order valence-electron chi connectivity index (χ3n) is 3.81. The van der Waals surface area contributed by atoms with Gasteiger partial charge in [-0.3, -0.25) is 4.79 Å². The van der Waals surface area contributed by atoms with Crippen LogP contribution in [-0.4, -0.2) is 21.7 Å². The molecule has 1 amide bonds. The number of carbonyl (C=O) groups excluding carboxylic acids is 1. The SMILES string of the molecule is CSc1ccccc1C(=O)N[C@H](Cn1ccnc1)c1ccccc1. The van der Waals surface area contributed by atoms with Crippen LogP contribution in [0.1, 0.15) is 22.0 Å². The van der Waals surface area contributed by atoms with Gasteiger partial charge in [-0.1, -0.05) is 42.5 Å². The lowest BCUT2D eigenvalue weighted by Gasteiger charge is -2.20. The minimum atomic E-state index is -0.122. The van der Waals surface area contributed by atoms with Gasteiger partial charge < -0.3 is 9.88 Å². The minimum Gasteiger partial charge on any atom is -0.343 e. The van der Waals surface area contributed by atoms with Crippen LogP contribution in [0.2, 0.25) is 0 Å². The molecule has 0 aliphatic heterocycles. The molecule has 1 N–H and O–H groups in total. The van der Waals surface area contributed by atoms with E-state index in [1.165, 1.54) is 0 Å². The third-order valence-corrected chi connectivity index (χ3v) is 4.61. The molecule has 0 aliphatic carbocycles. The molecule has 0 saturated heterocycles. The van der Waals surface area contributed by atoms with E-state index in [1.54, 1.807) is 24.3 Å². The maximum absolute atomic E-state index is 12.8. The second-order valence-electron chi connectivity index (χ2n) is 5.40. The van der Waals surface area contributed by atoms with Crippen LogP contribution in [0.4, 0.5) is 0 Å². The highest BCUT2D eigenvalue weighted by Crippen LogP contribution is 2.22. The van der Waals surface area contributed by atoms with Gasteiger partial charge in [0.2, 0.25) is 0 Å². The Morgan fingerprint density at radius 2 is 1.92 bits per heavy atom. The van der Waals surface area contributed by atoms with Gasteiger partial charge >= 0.3 is 0 Å². The highest BCUT2D eigenvalue weighted by Gasteiger charge is 2.18. The van der Waals surface area contributed by atoms with Gasteiger partial charge in [-0.15, -0.1) is 11.8 Å². The Hall–Kier alpha value is -2.53. The standard InChI is InChI=1S/C19H19N3OS/c1-24-18-10-6-5-9-16(18)19(23)21-17(13-22-12-11-20-14-22)15-7-3-2-4-8-15/h2-12,14,17H,13H2,1H3,(H,21,23)/t17-/m1/s1. The lowest BCUT2D eigenvalue weighted by Crippen LogP contribution is -2.31. The summed E-state index contributed by atoms with van der Waals surface area (Å²) in [6.45, 7) is 0.636. The third kappa shape index (κ3) is 3.86. The summed E-state index contributed by atoms with van der Waals surface area (Å²) in [7, 11) is 0. The van der Waals surface area contributed by atoms with Crippen LogP contribution in [0.25, 0.3) is 0 Å². The molecule has 1 atom stereocenters. The fraction of sp³-hybridized carbons (Fsp3) is 0.158. The normalized spacial score (nSPS) is 11.9. The monoisotopic (exact) mass is 337 g/mol. The van der Waals surface area contributed by atoms with E-state index in [-0.39, 0.29) is 11.9 Å². The smallest absolute Gasteiger partial charge is 0.252 e. The van der Waals surface area contributed by atoms with Crippen molar-refractivity contribution in [2.24, 2.45) is 0 Å². The zero-order valence-electron chi connectivity index (χ0n) is 13.4. The number of nitrogens with one attached hydrogen (secondary N) is 1. The maximum atomic E-state index is 12.8. The van der Waals surface area contributed by atoms with E-state index in [0.29, 0.717) is 12.1 Å². The second-order valence-corrected chi connectivity index (χ2v) is 6.24. The molecule has 1 aromatic heterocycles. The first kappa shape index (κ1) is 16.3. The molecule has 1 heterocycles. The van der Waals surface area contributed by atoms with Crippen molar-refractivity contribution in [3.8, 4) is 0 Å². The summed E-state index contributed by atoms with van der Waals surface area (Å²) >= 11 is 1.58. The number of nitrogens with zero attached hydrogens (tertiary/aromatic N) is 2. The number of benzene rings is 2. The molecule has 3 aromatic rings. The number of imidazole rings is 1. The number of carbonyl (C=O) groups is 1. The van der Waals surface area contributed by atoms with Crippen molar-refractivity contribution in [1.29, 1.82) is 0 Å². The van der Waals surface area contributed by atoms with Gasteiger partial charge in [0.15, 0.2) is 0 Å². The lowest BCUT2D eigenvalue weighted by molar-refractivity contribution is 0.0929. The van der Waals surface area contributed by atoms with E-state index >= 15 is 0 Å². The number of amides is 1. The zero-order chi connectivity index (χ0) is 16.8. The highest BCUT2D eigenvalue weighted by atomic mass is 32.2. The predicted molar refractivity (Wildman–Crippen MR) is 97.1 cm³/mol. The van der Waals surface area contributed by atoms with Gasteiger partial charge in [0.25, 0.3) is 5.91 Å². The molecule has 5 heteroatoms. The molecule has 0 unspecified atom stereocenters. The van der Waals surface area contributed by atoms with Gasteiger partial charge in [0.1, 0.15) is 0 Å². The molecule has 0 saturated carbocycles. The average Bonchev–Trinajstić information content (AvgIpc) is 3.15. The Morgan fingerprint density at radius 1 is 1.17 bits per heavy atom. The van der Waals surface area contributed by atoms with Gasteiger partial charge in [-0.05, 0) is 24.0 Å². The van der Waals surface area contributed by atoms with Crippen LogP contribution < -0.4 is 5.32 Å². The Labute approximate surface area is 145 Å². The van der Waals surface area contributed by atoms with E-state index in [0.717, 1.165) is 10.5 Å². The highest BCUT2D eigenvalue weighted by molar-refractivity contribution is 7.98. The average molecular weight is 337 g/mol. The van der Waals surface area contributed by atoms with Crippen LogP contribution in [0.15, 0.2) is 78.2 Å². The number of rotatable bonds is 6. The van der Waals surface area contributed by atoms with Crippen LogP contribution in [0, 0.1) is 0 Å². The molecule has 3 rings (SSSR count). The molecule has 0 aliphatic rings. The largest absolute Gasteiger partial charge is 0.343 e. The van der Waals surface area contributed by atoms with Gasteiger partial charge in [0, 0.05) is 23.8 Å². The van der Waals surface area contributed by atoms with Gasteiger partial charge in [0.05, 0.1) is 17.9 Å². The van der Waals surface area contributed by atoms with Crippen molar-refractivity contribution in [2.45, 2.75) is 17.5 Å². The van der Waals surface area contributed by atoms with E-state index < -0.39 is 0 Å². The number of aromatic nitrogens is 2. The van der Waals surface area contributed by atoms with Crippen molar-refractivity contribution in [1.82, 2.24) is 14.9 Å². The molecule has 0 fully saturated rings. The second kappa shape index (κ2) is 7.84. The first-order valence-corrected chi connectivity index (χ1v) is 8.95. The van der Waals surface area contributed by atoms with Crippen molar-refractivity contribution in [3.05, 3.63) is 84.4 Å². The Kier molecular flexibility index (Phi) is 5.33. The summed E-state index contributed by atoms with van der Waals surface area (Å²) in [6, 6.07) is 17.5. The molecule has 0 bridgehead atoms. The van der Waals surface area contributed by atoms with E-state index in [9.17, 15) is 4.79 Å². The maximum Gasteiger partial charge on any atom is 0.252 e. The van der Waals surface area contributed by atoms with Crippen LogP contribution in [-0.2, 0) is 6.54 Å². The summed E-state index contributed by atoms with van der Waals surface area (Å²) in [5.41, 5.74) is 1.78. The van der Waals surface area contributed by atoms with Crippen LogP contribution in [0.3, 0.4) is 0 Å². The fourth-order valence-electron chi connectivity index (χ4n) is 2.59. The van der Waals surface area contributed by atoms with Gasteiger partial charge in [-0.2, -0.15) is 0 Å². The summed E-state index contributed by atoms with van der Waals surface area (Å²) in [5.74, 6) is -0.0612. The molecule has 24 heavy (non-hydrogen) atoms. The molecular weight excluding hydrogens is 318 g/mol. The first-order chi connectivity index (χ1) is 11.8. The Bertz CT molecular complexity index is 787.